The van der Waals surface area contributed by atoms with Crippen LogP contribution in [0.5, 0.6) is 5.75 Å². The van der Waals surface area contributed by atoms with E-state index in [0.717, 1.165) is 0 Å². The molecule has 0 spiro atoms. The van der Waals surface area contributed by atoms with Crippen LogP contribution in [0, 0.1) is 11.6 Å². The second-order valence-electron chi connectivity index (χ2n) is 4.51. The van der Waals surface area contributed by atoms with Gasteiger partial charge < -0.3 is 10.1 Å². The van der Waals surface area contributed by atoms with E-state index in [2.05, 4.69) is 5.32 Å². The smallest absolute Gasteiger partial charge is 0.131 e. The Morgan fingerprint density at radius 2 is 1.71 bits per heavy atom. The van der Waals surface area contributed by atoms with Crippen LogP contribution in [0.3, 0.4) is 0 Å². The average molecular weight is 312 g/mol. The normalized spacial score (nSPS) is 12.2. The predicted octanol–water partition coefficient (Wildman–Crippen LogP) is 4.35. The molecule has 0 aliphatic rings. The lowest BCUT2D eigenvalue weighted by atomic mass is 10.1. The van der Waals surface area contributed by atoms with Crippen LogP contribution in [0.4, 0.5) is 8.78 Å². The number of halogens is 3. The van der Waals surface area contributed by atoms with Crippen LogP contribution in [0.25, 0.3) is 0 Å². The SMILES string of the molecule is CCNC(COc1ccc(Cl)cc1)c1c(F)cccc1F. The van der Waals surface area contributed by atoms with Gasteiger partial charge in [0.1, 0.15) is 24.0 Å². The number of hydrogen-bond acceptors (Lipinski definition) is 2. The first-order valence-electron chi connectivity index (χ1n) is 6.67. The standard InChI is InChI=1S/C16H16ClF2NO/c1-2-20-15(16-13(18)4-3-5-14(16)19)10-21-12-8-6-11(17)7-9-12/h3-9,15,20H,2,10H2,1H3. The summed E-state index contributed by atoms with van der Waals surface area (Å²) in [5.41, 5.74) is -0.00619. The van der Waals surface area contributed by atoms with E-state index in [1.54, 1.807) is 24.3 Å². The predicted molar refractivity (Wildman–Crippen MR) is 79.7 cm³/mol. The fraction of sp³-hybridized carbons (Fsp3) is 0.250. The molecule has 112 valence electrons. The van der Waals surface area contributed by atoms with Gasteiger partial charge in [0, 0.05) is 10.6 Å². The molecule has 0 aromatic heterocycles. The van der Waals surface area contributed by atoms with Crippen molar-refractivity contribution in [3.05, 3.63) is 64.7 Å². The minimum absolute atomic E-state index is 0.00619. The maximum absolute atomic E-state index is 13.8. The highest BCUT2D eigenvalue weighted by Crippen LogP contribution is 2.23. The molecule has 0 aliphatic heterocycles. The Morgan fingerprint density at radius 1 is 1.10 bits per heavy atom. The Hall–Kier alpha value is -1.65. The van der Waals surface area contributed by atoms with Crippen LogP contribution in [0.15, 0.2) is 42.5 Å². The third-order valence-electron chi connectivity index (χ3n) is 3.03. The van der Waals surface area contributed by atoms with Gasteiger partial charge in [-0.05, 0) is 42.9 Å². The molecule has 0 fully saturated rings. The number of rotatable bonds is 6. The van der Waals surface area contributed by atoms with Gasteiger partial charge in [-0.15, -0.1) is 0 Å². The minimum Gasteiger partial charge on any atom is -0.492 e. The molecule has 0 aliphatic carbocycles. The van der Waals surface area contributed by atoms with Crippen LogP contribution in [0.2, 0.25) is 5.02 Å². The van der Waals surface area contributed by atoms with Crippen molar-refractivity contribution in [2.45, 2.75) is 13.0 Å². The van der Waals surface area contributed by atoms with Gasteiger partial charge in [-0.25, -0.2) is 8.78 Å². The van der Waals surface area contributed by atoms with E-state index in [1.807, 2.05) is 6.92 Å². The molecule has 1 unspecified atom stereocenters. The summed E-state index contributed by atoms with van der Waals surface area (Å²) in [6.07, 6.45) is 0. The molecule has 0 radical (unpaired) electrons. The van der Waals surface area contributed by atoms with Crippen molar-refractivity contribution in [1.29, 1.82) is 0 Å². The molecule has 0 amide bonds. The second kappa shape index (κ2) is 7.38. The molecule has 0 saturated heterocycles. The van der Waals surface area contributed by atoms with Crippen LogP contribution >= 0.6 is 11.6 Å². The molecule has 2 rings (SSSR count). The summed E-state index contributed by atoms with van der Waals surface area (Å²) in [5.74, 6) is -0.569. The molecule has 1 N–H and O–H groups in total. The quantitative estimate of drug-likeness (QED) is 0.856. The van der Waals surface area contributed by atoms with Gasteiger partial charge in [-0.3, -0.25) is 0 Å². The molecule has 2 aromatic rings. The highest BCUT2D eigenvalue weighted by Gasteiger charge is 2.20. The molecular formula is C16H16ClF2NO. The van der Waals surface area contributed by atoms with Crippen molar-refractivity contribution < 1.29 is 13.5 Å². The summed E-state index contributed by atoms with van der Waals surface area (Å²) in [7, 11) is 0. The summed E-state index contributed by atoms with van der Waals surface area (Å²) in [6.45, 7) is 2.56. The van der Waals surface area contributed by atoms with Crippen molar-refractivity contribution >= 4 is 11.6 Å². The lowest BCUT2D eigenvalue weighted by Crippen LogP contribution is -2.28. The Balaban J connectivity index is 2.14. The molecule has 2 aromatic carbocycles. The van der Waals surface area contributed by atoms with Crippen LogP contribution in [-0.2, 0) is 0 Å². The van der Waals surface area contributed by atoms with Crippen LogP contribution in [0.1, 0.15) is 18.5 Å². The molecule has 21 heavy (non-hydrogen) atoms. The van der Waals surface area contributed by atoms with Gasteiger partial charge in [0.15, 0.2) is 0 Å². The van der Waals surface area contributed by atoms with E-state index in [4.69, 9.17) is 16.3 Å². The maximum atomic E-state index is 13.8. The number of hydrogen-bond donors (Lipinski definition) is 1. The van der Waals surface area contributed by atoms with Crippen molar-refractivity contribution in [2.75, 3.05) is 13.2 Å². The number of likely N-dealkylation sites (N-methyl/N-ethyl adjacent to an activating group) is 1. The lowest BCUT2D eigenvalue weighted by molar-refractivity contribution is 0.261. The third-order valence-corrected chi connectivity index (χ3v) is 3.28. The van der Waals surface area contributed by atoms with Gasteiger partial charge in [-0.2, -0.15) is 0 Å². The topological polar surface area (TPSA) is 21.3 Å². The van der Waals surface area contributed by atoms with E-state index >= 15 is 0 Å². The summed E-state index contributed by atoms with van der Waals surface area (Å²) in [5, 5.41) is 3.63. The highest BCUT2D eigenvalue weighted by atomic mass is 35.5. The molecule has 0 bridgehead atoms. The second-order valence-corrected chi connectivity index (χ2v) is 4.95. The summed E-state index contributed by atoms with van der Waals surface area (Å²) in [4.78, 5) is 0. The Morgan fingerprint density at radius 3 is 2.29 bits per heavy atom. The number of benzene rings is 2. The van der Waals surface area contributed by atoms with E-state index < -0.39 is 17.7 Å². The molecule has 1 atom stereocenters. The highest BCUT2D eigenvalue weighted by molar-refractivity contribution is 6.30. The molecule has 5 heteroatoms. The summed E-state index contributed by atoms with van der Waals surface area (Å²) >= 11 is 5.79. The molecule has 0 saturated carbocycles. The van der Waals surface area contributed by atoms with Gasteiger partial charge in [0.05, 0.1) is 6.04 Å². The first-order valence-corrected chi connectivity index (χ1v) is 7.05. The third kappa shape index (κ3) is 4.16. The van der Waals surface area contributed by atoms with Gasteiger partial charge in [-0.1, -0.05) is 24.6 Å². The molecular weight excluding hydrogens is 296 g/mol. The zero-order valence-electron chi connectivity index (χ0n) is 11.6. The fourth-order valence-electron chi connectivity index (χ4n) is 2.04. The molecule has 2 nitrogen and oxygen atoms in total. The van der Waals surface area contributed by atoms with Gasteiger partial charge in [0.25, 0.3) is 0 Å². The van der Waals surface area contributed by atoms with Gasteiger partial charge in [0.2, 0.25) is 0 Å². The Bertz CT molecular complexity index is 569. The largest absolute Gasteiger partial charge is 0.492 e. The fourth-order valence-corrected chi connectivity index (χ4v) is 2.17. The Kier molecular flexibility index (Phi) is 5.53. The van der Waals surface area contributed by atoms with Crippen molar-refractivity contribution in [1.82, 2.24) is 5.32 Å². The van der Waals surface area contributed by atoms with E-state index in [-0.39, 0.29) is 12.2 Å². The summed E-state index contributed by atoms with van der Waals surface area (Å²) < 4.78 is 33.3. The van der Waals surface area contributed by atoms with E-state index in [1.165, 1.54) is 18.2 Å². The van der Waals surface area contributed by atoms with Crippen LogP contribution in [-0.4, -0.2) is 13.2 Å². The maximum Gasteiger partial charge on any atom is 0.131 e. The zero-order valence-corrected chi connectivity index (χ0v) is 12.3. The first-order chi connectivity index (χ1) is 10.1. The molecule has 0 heterocycles. The minimum atomic E-state index is -0.583. The van der Waals surface area contributed by atoms with Gasteiger partial charge >= 0.3 is 0 Å². The summed E-state index contributed by atoms with van der Waals surface area (Å²) in [6, 6.07) is 10.1. The monoisotopic (exact) mass is 311 g/mol. The lowest BCUT2D eigenvalue weighted by Gasteiger charge is -2.20. The van der Waals surface area contributed by atoms with Crippen molar-refractivity contribution in [3.63, 3.8) is 0 Å². The van der Waals surface area contributed by atoms with E-state index in [0.29, 0.717) is 17.3 Å². The van der Waals surface area contributed by atoms with Crippen molar-refractivity contribution in [2.24, 2.45) is 0 Å². The van der Waals surface area contributed by atoms with Crippen LogP contribution < -0.4 is 10.1 Å². The van der Waals surface area contributed by atoms with E-state index in [9.17, 15) is 8.78 Å². The average Bonchev–Trinajstić information content (AvgIpc) is 2.46. The zero-order chi connectivity index (χ0) is 15.2. The Labute approximate surface area is 127 Å². The number of ether oxygens (including phenoxy) is 1. The van der Waals surface area contributed by atoms with Crippen molar-refractivity contribution in [3.8, 4) is 5.75 Å². The number of nitrogens with one attached hydrogen (secondary N) is 1. The first kappa shape index (κ1) is 15.7.